The van der Waals surface area contributed by atoms with Crippen molar-refractivity contribution >= 4 is 40.1 Å². The fraction of sp³-hybridized carbons (Fsp3) is 0.158. The molecule has 0 saturated heterocycles. The number of aromatic amines is 1. The van der Waals surface area contributed by atoms with Gasteiger partial charge in [0.05, 0.1) is 28.5 Å². The molecule has 0 radical (unpaired) electrons. The minimum absolute atomic E-state index is 0.194. The van der Waals surface area contributed by atoms with E-state index in [1.807, 2.05) is 35.9 Å². The van der Waals surface area contributed by atoms with Gasteiger partial charge in [0.1, 0.15) is 5.82 Å². The van der Waals surface area contributed by atoms with E-state index in [1.165, 1.54) is 4.57 Å². The van der Waals surface area contributed by atoms with Crippen LogP contribution in [0.25, 0.3) is 21.9 Å². The summed E-state index contributed by atoms with van der Waals surface area (Å²) in [4.78, 5) is 32.3. The third kappa shape index (κ3) is 2.93. The minimum atomic E-state index is -0.246. The molecule has 0 aliphatic heterocycles. The van der Waals surface area contributed by atoms with Crippen LogP contribution < -0.4 is 10.9 Å². The van der Waals surface area contributed by atoms with E-state index >= 15 is 0 Å². The van der Waals surface area contributed by atoms with E-state index in [0.717, 1.165) is 16.9 Å². The Balaban J connectivity index is 1.61. The largest absolute Gasteiger partial charge is 0.345 e. The summed E-state index contributed by atoms with van der Waals surface area (Å²) >= 11 is 5.13. The topological polar surface area (TPSA) is 84.7 Å². The van der Waals surface area contributed by atoms with Crippen LogP contribution in [0.4, 0.5) is 0 Å². The fourth-order valence-electron chi connectivity index (χ4n) is 3.06. The summed E-state index contributed by atoms with van der Waals surface area (Å²) in [5.41, 5.74) is 2.69. The molecule has 0 spiro atoms. The molecule has 4 rings (SSSR count). The third-order valence-corrected chi connectivity index (χ3v) is 5.03. The number of aryl methyl sites for hydroxylation is 1. The summed E-state index contributed by atoms with van der Waals surface area (Å²) in [6.07, 6.45) is 0. The van der Waals surface area contributed by atoms with Crippen molar-refractivity contribution in [2.45, 2.75) is 6.54 Å². The lowest BCUT2D eigenvalue weighted by Crippen LogP contribution is -2.25. The number of nitrogens with zero attached hydrogens (tertiary/aromatic N) is 3. The lowest BCUT2D eigenvalue weighted by Gasteiger charge is -2.07. The molecule has 27 heavy (non-hydrogen) atoms. The number of benzene rings is 2. The number of hydrogen-bond donors (Lipinski definition) is 2. The van der Waals surface area contributed by atoms with E-state index < -0.39 is 0 Å². The van der Waals surface area contributed by atoms with Crippen molar-refractivity contribution < 1.29 is 4.79 Å². The molecule has 2 aromatic heterocycles. The second-order valence-corrected chi connectivity index (χ2v) is 6.70. The van der Waals surface area contributed by atoms with Gasteiger partial charge in [-0.1, -0.05) is 12.1 Å². The molecule has 0 aliphatic rings. The van der Waals surface area contributed by atoms with Gasteiger partial charge < -0.3 is 14.9 Å². The molecular formula is C19H17N5O2S. The summed E-state index contributed by atoms with van der Waals surface area (Å²) in [5.74, 6) is 0.516. The van der Waals surface area contributed by atoms with Gasteiger partial charge in [0.25, 0.3) is 11.5 Å². The number of para-hydroxylation sites is 2. The predicted molar refractivity (Wildman–Crippen MR) is 106 cm³/mol. The molecule has 0 bridgehead atoms. The van der Waals surface area contributed by atoms with Crippen LogP contribution in [0.15, 0.2) is 47.3 Å². The van der Waals surface area contributed by atoms with Crippen molar-refractivity contribution in [2.24, 2.45) is 14.1 Å². The molecule has 7 nitrogen and oxygen atoms in total. The number of aromatic nitrogens is 4. The molecule has 4 aromatic rings. The standard InChI is InChI=1S/C19H17N5O2S/c1-23-15-6-4-3-5-13(15)21-16(23)10-20-17(25)11-7-8-12-14(9-11)22-19(27)24(2)18(12)26/h3-9H,10H2,1-2H3,(H,20,25)(H,22,27). The summed E-state index contributed by atoms with van der Waals surface area (Å²) < 4.78 is 3.63. The van der Waals surface area contributed by atoms with Crippen molar-refractivity contribution in [3.05, 3.63) is 69.0 Å². The first kappa shape index (κ1) is 17.2. The van der Waals surface area contributed by atoms with Crippen LogP contribution >= 0.6 is 12.2 Å². The van der Waals surface area contributed by atoms with Gasteiger partial charge in [0, 0.05) is 19.7 Å². The maximum absolute atomic E-state index is 12.6. The molecule has 0 saturated carbocycles. The zero-order valence-corrected chi connectivity index (χ0v) is 15.6. The van der Waals surface area contributed by atoms with Crippen LogP contribution in [-0.2, 0) is 20.6 Å². The fourth-order valence-corrected chi connectivity index (χ4v) is 3.26. The Hall–Kier alpha value is -3.26. The molecule has 0 atom stereocenters. The highest BCUT2D eigenvalue weighted by molar-refractivity contribution is 7.71. The van der Waals surface area contributed by atoms with Crippen LogP contribution in [0.1, 0.15) is 16.2 Å². The summed E-state index contributed by atoms with van der Waals surface area (Å²) in [6, 6.07) is 12.7. The monoisotopic (exact) mass is 379 g/mol. The molecule has 0 unspecified atom stereocenters. The first-order chi connectivity index (χ1) is 13.0. The van der Waals surface area contributed by atoms with E-state index in [2.05, 4.69) is 15.3 Å². The maximum Gasteiger partial charge on any atom is 0.261 e. The summed E-state index contributed by atoms with van der Waals surface area (Å²) in [5, 5.41) is 3.36. The van der Waals surface area contributed by atoms with E-state index in [1.54, 1.807) is 25.2 Å². The average molecular weight is 379 g/mol. The van der Waals surface area contributed by atoms with Crippen molar-refractivity contribution in [3.8, 4) is 0 Å². The smallest absolute Gasteiger partial charge is 0.261 e. The molecular weight excluding hydrogens is 362 g/mol. The van der Waals surface area contributed by atoms with Crippen molar-refractivity contribution in [1.82, 2.24) is 24.4 Å². The normalized spacial score (nSPS) is 11.2. The number of amides is 1. The Labute approximate surface area is 159 Å². The number of carbonyl (C=O) groups excluding carboxylic acids is 1. The van der Waals surface area contributed by atoms with Crippen molar-refractivity contribution in [3.63, 3.8) is 0 Å². The Morgan fingerprint density at radius 2 is 1.96 bits per heavy atom. The lowest BCUT2D eigenvalue weighted by molar-refractivity contribution is 0.0949. The van der Waals surface area contributed by atoms with Crippen LogP contribution in [-0.4, -0.2) is 25.0 Å². The lowest BCUT2D eigenvalue weighted by atomic mass is 10.1. The molecule has 2 heterocycles. The highest BCUT2D eigenvalue weighted by Gasteiger charge is 2.12. The van der Waals surface area contributed by atoms with Crippen LogP contribution in [0.5, 0.6) is 0 Å². The Morgan fingerprint density at radius 3 is 2.74 bits per heavy atom. The van der Waals surface area contributed by atoms with Crippen LogP contribution in [0, 0.1) is 4.77 Å². The molecule has 0 aliphatic carbocycles. The highest BCUT2D eigenvalue weighted by atomic mass is 32.1. The Bertz CT molecular complexity index is 1320. The number of carbonyl (C=O) groups is 1. The Morgan fingerprint density at radius 1 is 1.19 bits per heavy atom. The molecule has 1 amide bonds. The molecule has 0 fully saturated rings. The third-order valence-electron chi connectivity index (χ3n) is 4.65. The first-order valence-corrected chi connectivity index (χ1v) is 8.78. The van der Waals surface area contributed by atoms with Gasteiger partial charge in [-0.15, -0.1) is 0 Å². The predicted octanol–water partition coefficient (Wildman–Crippen LogP) is 2.41. The highest BCUT2D eigenvalue weighted by Crippen LogP contribution is 2.15. The average Bonchev–Trinajstić information content (AvgIpc) is 3.00. The second kappa shape index (κ2) is 6.48. The Kier molecular flexibility index (Phi) is 4.12. The molecule has 136 valence electrons. The number of fused-ring (bicyclic) bond motifs is 2. The number of rotatable bonds is 3. The number of nitrogens with one attached hydrogen (secondary N) is 2. The van der Waals surface area contributed by atoms with Gasteiger partial charge in [-0.3, -0.25) is 14.2 Å². The van der Waals surface area contributed by atoms with Crippen LogP contribution in [0.3, 0.4) is 0 Å². The minimum Gasteiger partial charge on any atom is -0.345 e. The molecule has 2 aromatic carbocycles. The number of hydrogen-bond acceptors (Lipinski definition) is 4. The quantitative estimate of drug-likeness (QED) is 0.536. The first-order valence-electron chi connectivity index (χ1n) is 8.37. The SMILES string of the molecule is Cn1c(=S)[nH]c2cc(C(=O)NCc3nc4ccccc4n3C)ccc2c1=O. The molecule has 8 heteroatoms. The van der Waals surface area contributed by atoms with Crippen LogP contribution in [0.2, 0.25) is 0 Å². The maximum atomic E-state index is 12.6. The van der Waals surface area contributed by atoms with Gasteiger partial charge in [-0.05, 0) is 42.5 Å². The zero-order chi connectivity index (χ0) is 19.1. The van der Waals surface area contributed by atoms with Gasteiger partial charge in [0.2, 0.25) is 0 Å². The van der Waals surface area contributed by atoms with Gasteiger partial charge in [0.15, 0.2) is 4.77 Å². The second-order valence-electron chi connectivity index (χ2n) is 6.31. The summed E-state index contributed by atoms with van der Waals surface area (Å²) in [7, 11) is 3.53. The van der Waals surface area contributed by atoms with E-state index in [9.17, 15) is 9.59 Å². The van der Waals surface area contributed by atoms with E-state index in [-0.39, 0.29) is 11.5 Å². The zero-order valence-electron chi connectivity index (χ0n) is 14.8. The van der Waals surface area contributed by atoms with E-state index in [0.29, 0.717) is 27.8 Å². The van der Waals surface area contributed by atoms with Crippen molar-refractivity contribution in [1.29, 1.82) is 0 Å². The summed E-state index contributed by atoms with van der Waals surface area (Å²) in [6.45, 7) is 0.300. The van der Waals surface area contributed by atoms with E-state index in [4.69, 9.17) is 12.2 Å². The number of H-pyrrole nitrogens is 1. The van der Waals surface area contributed by atoms with Gasteiger partial charge in [-0.2, -0.15) is 0 Å². The van der Waals surface area contributed by atoms with Crippen molar-refractivity contribution in [2.75, 3.05) is 0 Å². The van der Waals surface area contributed by atoms with Gasteiger partial charge >= 0.3 is 0 Å². The van der Waals surface area contributed by atoms with Gasteiger partial charge in [-0.25, -0.2) is 4.98 Å². The molecule has 2 N–H and O–H groups in total. The number of imidazole rings is 1.